The van der Waals surface area contributed by atoms with Crippen LogP contribution in [0.25, 0.3) is 0 Å². The molecular weight excluding hydrogens is 200 g/mol. The van der Waals surface area contributed by atoms with Crippen LogP contribution in [0.5, 0.6) is 0 Å². The van der Waals surface area contributed by atoms with Crippen molar-refractivity contribution in [3.8, 4) is 0 Å². The Bertz CT molecular complexity index is 224. The van der Waals surface area contributed by atoms with Crippen molar-refractivity contribution in [2.45, 2.75) is 51.2 Å². The maximum Gasteiger partial charge on any atom is 0.0743 e. The van der Waals surface area contributed by atoms with Crippen molar-refractivity contribution in [1.29, 1.82) is 0 Å². The molecule has 0 spiro atoms. The molecule has 2 rings (SSSR count). The van der Waals surface area contributed by atoms with Gasteiger partial charge in [-0.15, -0.1) is 0 Å². The Morgan fingerprint density at radius 3 is 2.56 bits per heavy atom. The highest BCUT2D eigenvalue weighted by molar-refractivity contribution is 4.88. The molecular formula is C13H26N2O. The van der Waals surface area contributed by atoms with Crippen LogP contribution in [0, 0.1) is 0 Å². The van der Waals surface area contributed by atoms with Crippen LogP contribution in [0.4, 0.5) is 0 Å². The van der Waals surface area contributed by atoms with Gasteiger partial charge in [0.05, 0.1) is 5.60 Å². The van der Waals surface area contributed by atoms with Gasteiger partial charge in [0.15, 0.2) is 0 Å². The largest absolute Gasteiger partial charge is 0.389 e. The molecule has 0 aliphatic carbocycles. The van der Waals surface area contributed by atoms with Gasteiger partial charge >= 0.3 is 0 Å². The van der Waals surface area contributed by atoms with Crippen LogP contribution in [-0.4, -0.2) is 59.3 Å². The van der Waals surface area contributed by atoms with Crippen LogP contribution in [-0.2, 0) is 0 Å². The lowest BCUT2D eigenvalue weighted by atomic mass is 10.0. The fourth-order valence-electron chi connectivity index (χ4n) is 2.95. The minimum atomic E-state index is -0.500. The highest BCUT2D eigenvalue weighted by atomic mass is 16.3. The van der Waals surface area contributed by atoms with Gasteiger partial charge in [-0.2, -0.15) is 0 Å². The molecule has 94 valence electrons. The molecule has 0 aromatic carbocycles. The molecule has 16 heavy (non-hydrogen) atoms. The van der Waals surface area contributed by atoms with E-state index in [0.717, 1.165) is 32.1 Å². The predicted octanol–water partition coefficient (Wildman–Crippen LogP) is 1.32. The van der Waals surface area contributed by atoms with Crippen molar-refractivity contribution in [2.24, 2.45) is 0 Å². The lowest BCUT2D eigenvalue weighted by Gasteiger charge is -2.29. The first-order valence-corrected chi connectivity index (χ1v) is 6.79. The fourth-order valence-corrected chi connectivity index (χ4v) is 2.95. The molecule has 0 bridgehead atoms. The maximum absolute atomic E-state index is 10.1. The Balaban J connectivity index is 1.79. The Morgan fingerprint density at radius 2 is 1.94 bits per heavy atom. The van der Waals surface area contributed by atoms with E-state index in [1.54, 1.807) is 0 Å². The topological polar surface area (TPSA) is 26.7 Å². The van der Waals surface area contributed by atoms with E-state index in [9.17, 15) is 5.11 Å². The molecule has 2 aliphatic rings. The van der Waals surface area contributed by atoms with Gasteiger partial charge < -0.3 is 5.11 Å². The van der Waals surface area contributed by atoms with Crippen molar-refractivity contribution < 1.29 is 5.11 Å². The summed E-state index contributed by atoms with van der Waals surface area (Å²) in [6, 6.07) is 0.759. The molecule has 3 heteroatoms. The molecule has 2 fully saturated rings. The highest BCUT2D eigenvalue weighted by Gasteiger charge is 2.32. The van der Waals surface area contributed by atoms with Gasteiger partial charge in [-0.05, 0) is 52.2 Å². The Labute approximate surface area is 99.4 Å². The third-order valence-corrected chi connectivity index (χ3v) is 4.23. The number of hydrogen-bond acceptors (Lipinski definition) is 3. The van der Waals surface area contributed by atoms with Crippen molar-refractivity contribution in [3.63, 3.8) is 0 Å². The number of rotatable bonds is 4. The highest BCUT2D eigenvalue weighted by Crippen LogP contribution is 2.22. The molecule has 2 atom stereocenters. The van der Waals surface area contributed by atoms with E-state index in [1.165, 1.54) is 32.4 Å². The van der Waals surface area contributed by atoms with E-state index in [-0.39, 0.29) is 0 Å². The number of β-amino-alcohol motifs (C(OH)–C–C–N with tert-alkyl or cyclic N) is 1. The van der Waals surface area contributed by atoms with E-state index in [4.69, 9.17) is 0 Å². The maximum atomic E-state index is 10.1. The number of nitrogens with zero attached hydrogens (tertiary/aromatic N) is 2. The molecule has 0 aromatic rings. The molecule has 2 aliphatic heterocycles. The van der Waals surface area contributed by atoms with Crippen molar-refractivity contribution >= 4 is 0 Å². The van der Waals surface area contributed by atoms with Crippen LogP contribution in [0.15, 0.2) is 0 Å². The quantitative estimate of drug-likeness (QED) is 0.783. The number of likely N-dealkylation sites (tertiary alicyclic amines) is 2. The zero-order valence-corrected chi connectivity index (χ0v) is 10.8. The molecule has 0 amide bonds. The summed E-state index contributed by atoms with van der Waals surface area (Å²) in [5.74, 6) is 0. The van der Waals surface area contributed by atoms with Crippen LogP contribution >= 0.6 is 0 Å². The summed E-state index contributed by atoms with van der Waals surface area (Å²) in [7, 11) is 0. The molecule has 0 radical (unpaired) electrons. The molecule has 3 nitrogen and oxygen atoms in total. The second-order valence-electron chi connectivity index (χ2n) is 5.77. The first kappa shape index (κ1) is 12.3. The third-order valence-electron chi connectivity index (χ3n) is 4.23. The minimum absolute atomic E-state index is 0.500. The average molecular weight is 226 g/mol. The van der Waals surface area contributed by atoms with E-state index in [0.29, 0.717) is 0 Å². The summed E-state index contributed by atoms with van der Waals surface area (Å²) >= 11 is 0. The minimum Gasteiger partial charge on any atom is -0.389 e. The summed E-state index contributed by atoms with van der Waals surface area (Å²) in [4.78, 5) is 5.08. The Kier molecular flexibility index (Phi) is 3.88. The van der Waals surface area contributed by atoms with E-state index < -0.39 is 5.60 Å². The SMILES string of the molecule is CCC(C)(O)CN1CCC(N2CCCC2)C1. The Hall–Kier alpha value is -0.120. The second-order valence-corrected chi connectivity index (χ2v) is 5.77. The average Bonchev–Trinajstić information content (AvgIpc) is 2.86. The van der Waals surface area contributed by atoms with E-state index in [2.05, 4.69) is 16.7 Å². The molecule has 1 N–H and O–H groups in total. The van der Waals surface area contributed by atoms with Gasteiger partial charge in [-0.25, -0.2) is 0 Å². The molecule has 2 saturated heterocycles. The summed E-state index contributed by atoms with van der Waals surface area (Å²) < 4.78 is 0. The van der Waals surface area contributed by atoms with Gasteiger partial charge in [0.1, 0.15) is 0 Å². The summed E-state index contributed by atoms with van der Waals surface area (Å²) in [6.45, 7) is 9.77. The van der Waals surface area contributed by atoms with Gasteiger partial charge in [0.25, 0.3) is 0 Å². The van der Waals surface area contributed by atoms with Gasteiger partial charge in [-0.3, -0.25) is 9.80 Å². The lowest BCUT2D eigenvalue weighted by molar-refractivity contribution is 0.0213. The first-order chi connectivity index (χ1) is 7.61. The smallest absolute Gasteiger partial charge is 0.0743 e. The van der Waals surface area contributed by atoms with Crippen molar-refractivity contribution in [3.05, 3.63) is 0 Å². The fraction of sp³-hybridized carbons (Fsp3) is 1.00. The monoisotopic (exact) mass is 226 g/mol. The molecule has 2 heterocycles. The Morgan fingerprint density at radius 1 is 1.25 bits per heavy atom. The van der Waals surface area contributed by atoms with Crippen LogP contribution in [0.3, 0.4) is 0 Å². The molecule has 0 saturated carbocycles. The van der Waals surface area contributed by atoms with Crippen LogP contribution < -0.4 is 0 Å². The van der Waals surface area contributed by atoms with Gasteiger partial charge in [0, 0.05) is 19.1 Å². The van der Waals surface area contributed by atoms with E-state index >= 15 is 0 Å². The van der Waals surface area contributed by atoms with Crippen molar-refractivity contribution in [1.82, 2.24) is 9.80 Å². The number of aliphatic hydroxyl groups is 1. The number of hydrogen-bond donors (Lipinski definition) is 1. The first-order valence-electron chi connectivity index (χ1n) is 6.79. The zero-order chi connectivity index (χ0) is 11.6. The van der Waals surface area contributed by atoms with E-state index in [1.807, 2.05) is 6.92 Å². The third kappa shape index (κ3) is 2.96. The zero-order valence-electron chi connectivity index (χ0n) is 10.8. The predicted molar refractivity (Wildman–Crippen MR) is 66.6 cm³/mol. The van der Waals surface area contributed by atoms with Gasteiger partial charge in [-0.1, -0.05) is 6.92 Å². The lowest BCUT2D eigenvalue weighted by Crippen LogP contribution is -2.41. The molecule has 0 aromatic heterocycles. The van der Waals surface area contributed by atoms with Crippen molar-refractivity contribution in [2.75, 3.05) is 32.7 Å². The van der Waals surface area contributed by atoms with Crippen LogP contribution in [0.1, 0.15) is 39.5 Å². The molecule has 2 unspecified atom stereocenters. The summed E-state index contributed by atoms with van der Waals surface area (Å²) in [5.41, 5.74) is -0.500. The summed E-state index contributed by atoms with van der Waals surface area (Å²) in [6.07, 6.45) is 4.89. The van der Waals surface area contributed by atoms with Crippen LogP contribution in [0.2, 0.25) is 0 Å². The second kappa shape index (κ2) is 5.03. The normalized spacial score (nSPS) is 32.1. The standard InChI is InChI=1S/C13H26N2O/c1-3-13(2,16)11-14-9-6-12(10-14)15-7-4-5-8-15/h12,16H,3-11H2,1-2H3. The summed E-state index contributed by atoms with van der Waals surface area (Å²) in [5, 5.41) is 10.1. The van der Waals surface area contributed by atoms with Gasteiger partial charge in [0.2, 0.25) is 0 Å².